The van der Waals surface area contributed by atoms with Gasteiger partial charge in [-0.1, -0.05) is 18.2 Å². The second-order valence-electron chi connectivity index (χ2n) is 4.65. The van der Waals surface area contributed by atoms with E-state index in [2.05, 4.69) is 0 Å². The van der Waals surface area contributed by atoms with E-state index in [-0.39, 0.29) is 11.6 Å². The first-order chi connectivity index (χ1) is 10.2. The molecular formula is C16H14FNO3. The van der Waals surface area contributed by atoms with Crippen LogP contribution in [0, 0.1) is 5.82 Å². The van der Waals surface area contributed by atoms with Gasteiger partial charge in [-0.15, -0.1) is 0 Å². The number of hydrogen-bond acceptors (Lipinski definition) is 3. The molecule has 2 aromatic rings. The summed E-state index contributed by atoms with van der Waals surface area (Å²) in [6.45, 7) is 0.842. The van der Waals surface area contributed by atoms with Gasteiger partial charge in [-0.25, -0.2) is 4.39 Å². The molecule has 108 valence electrons. The Morgan fingerprint density at radius 3 is 2.67 bits per heavy atom. The Bertz CT molecular complexity index is 687. The maximum Gasteiger partial charge on any atom is 0.262 e. The van der Waals surface area contributed by atoms with Gasteiger partial charge in [0.2, 0.25) is 0 Å². The lowest BCUT2D eigenvalue weighted by Crippen LogP contribution is -2.28. The van der Waals surface area contributed by atoms with Crippen molar-refractivity contribution in [2.45, 2.75) is 0 Å². The summed E-state index contributed by atoms with van der Waals surface area (Å²) < 4.78 is 24.8. The van der Waals surface area contributed by atoms with Crippen LogP contribution in [0.2, 0.25) is 0 Å². The smallest absolute Gasteiger partial charge is 0.262 e. The molecular weight excluding hydrogens is 273 g/mol. The lowest BCUT2D eigenvalue weighted by atomic mass is 10.1. The van der Waals surface area contributed by atoms with Gasteiger partial charge in [0.05, 0.1) is 11.3 Å². The van der Waals surface area contributed by atoms with E-state index in [1.165, 1.54) is 18.0 Å². The molecule has 1 amide bonds. The van der Waals surface area contributed by atoms with E-state index in [0.29, 0.717) is 30.3 Å². The minimum atomic E-state index is -0.449. The van der Waals surface area contributed by atoms with Crippen molar-refractivity contribution in [1.29, 1.82) is 0 Å². The van der Waals surface area contributed by atoms with Gasteiger partial charge in [-0.3, -0.25) is 4.79 Å². The van der Waals surface area contributed by atoms with Gasteiger partial charge in [0.1, 0.15) is 19.0 Å². The summed E-state index contributed by atoms with van der Waals surface area (Å²) in [6, 6.07) is 11.2. The molecule has 2 aromatic carbocycles. The Morgan fingerprint density at radius 2 is 1.86 bits per heavy atom. The fourth-order valence-electron chi connectivity index (χ4n) is 2.26. The number of benzene rings is 2. The second kappa shape index (κ2) is 5.44. The first kappa shape index (κ1) is 13.4. The molecule has 1 aliphatic heterocycles. The Labute approximate surface area is 121 Å². The fraction of sp³-hybridized carbons (Fsp3) is 0.188. The van der Waals surface area contributed by atoms with Gasteiger partial charge in [-0.05, 0) is 24.3 Å². The van der Waals surface area contributed by atoms with Crippen LogP contribution in [-0.2, 0) is 0 Å². The Balaban J connectivity index is 1.98. The quantitative estimate of drug-likeness (QED) is 0.852. The highest BCUT2D eigenvalue weighted by molar-refractivity contribution is 6.08. The summed E-state index contributed by atoms with van der Waals surface area (Å²) in [5.74, 6) is 0.156. The number of nitrogens with zero attached hydrogens (tertiary/aromatic N) is 1. The monoisotopic (exact) mass is 287 g/mol. The van der Waals surface area contributed by atoms with Crippen molar-refractivity contribution in [3.05, 3.63) is 53.8 Å². The Morgan fingerprint density at radius 1 is 1.10 bits per heavy atom. The molecule has 1 heterocycles. The Kier molecular flexibility index (Phi) is 3.48. The topological polar surface area (TPSA) is 38.8 Å². The molecule has 3 rings (SSSR count). The number of rotatable bonds is 2. The molecule has 0 radical (unpaired) electrons. The summed E-state index contributed by atoms with van der Waals surface area (Å²) in [5, 5.41) is 0. The van der Waals surface area contributed by atoms with E-state index in [1.54, 1.807) is 36.4 Å². The molecule has 0 N–H and O–H groups in total. The van der Waals surface area contributed by atoms with E-state index in [9.17, 15) is 9.18 Å². The van der Waals surface area contributed by atoms with Crippen molar-refractivity contribution in [2.24, 2.45) is 0 Å². The summed E-state index contributed by atoms with van der Waals surface area (Å²) in [7, 11) is 1.53. The molecule has 0 fully saturated rings. The fourth-order valence-corrected chi connectivity index (χ4v) is 2.26. The van der Waals surface area contributed by atoms with E-state index in [0.717, 1.165) is 0 Å². The van der Waals surface area contributed by atoms with Crippen LogP contribution in [0.15, 0.2) is 42.5 Å². The highest BCUT2D eigenvalue weighted by Gasteiger charge is 2.24. The zero-order valence-corrected chi connectivity index (χ0v) is 11.5. The highest BCUT2D eigenvalue weighted by Crippen LogP contribution is 2.34. The zero-order chi connectivity index (χ0) is 14.8. The number of fused-ring (bicyclic) bond motifs is 1. The lowest BCUT2D eigenvalue weighted by Gasteiger charge is -2.23. The largest absolute Gasteiger partial charge is 0.486 e. The maximum absolute atomic E-state index is 13.8. The van der Waals surface area contributed by atoms with Crippen LogP contribution in [0.25, 0.3) is 0 Å². The highest BCUT2D eigenvalue weighted by atomic mass is 19.1. The SMILES string of the molecule is CN(C(=O)c1cccc2c1OCCO2)c1ccccc1F. The van der Waals surface area contributed by atoms with Crippen LogP contribution in [0.4, 0.5) is 10.1 Å². The molecule has 1 aliphatic rings. The van der Waals surface area contributed by atoms with E-state index in [1.807, 2.05) is 0 Å². The summed E-state index contributed by atoms with van der Waals surface area (Å²) in [5.41, 5.74) is 0.579. The molecule has 0 aliphatic carbocycles. The van der Waals surface area contributed by atoms with Crippen molar-refractivity contribution < 1.29 is 18.7 Å². The third-order valence-electron chi connectivity index (χ3n) is 3.32. The van der Waals surface area contributed by atoms with E-state index >= 15 is 0 Å². The number of anilines is 1. The van der Waals surface area contributed by atoms with Crippen molar-refractivity contribution in [3.63, 3.8) is 0 Å². The average molecular weight is 287 g/mol. The van der Waals surface area contributed by atoms with Crippen LogP contribution in [0.5, 0.6) is 11.5 Å². The molecule has 0 aromatic heterocycles. The third-order valence-corrected chi connectivity index (χ3v) is 3.32. The van der Waals surface area contributed by atoms with Gasteiger partial charge in [0, 0.05) is 7.05 Å². The summed E-state index contributed by atoms with van der Waals surface area (Å²) in [4.78, 5) is 13.9. The van der Waals surface area contributed by atoms with E-state index in [4.69, 9.17) is 9.47 Å². The number of ether oxygens (including phenoxy) is 2. The van der Waals surface area contributed by atoms with Crippen molar-refractivity contribution in [3.8, 4) is 11.5 Å². The predicted molar refractivity (Wildman–Crippen MR) is 76.6 cm³/mol. The van der Waals surface area contributed by atoms with Gasteiger partial charge < -0.3 is 14.4 Å². The number of halogens is 1. The first-order valence-corrected chi connectivity index (χ1v) is 6.59. The Hall–Kier alpha value is -2.56. The van der Waals surface area contributed by atoms with Crippen molar-refractivity contribution in [1.82, 2.24) is 0 Å². The number of carbonyl (C=O) groups is 1. The predicted octanol–water partition coefficient (Wildman–Crippen LogP) is 2.87. The van der Waals surface area contributed by atoms with Crippen LogP contribution < -0.4 is 14.4 Å². The standard InChI is InChI=1S/C16H14FNO3/c1-18(13-7-3-2-6-12(13)17)16(19)11-5-4-8-14-15(11)21-10-9-20-14/h2-8H,9-10H2,1H3. The van der Waals surface area contributed by atoms with Crippen molar-refractivity contribution >= 4 is 11.6 Å². The molecule has 0 atom stereocenters. The summed E-state index contributed by atoms with van der Waals surface area (Å²) in [6.07, 6.45) is 0. The van der Waals surface area contributed by atoms with Gasteiger partial charge in [-0.2, -0.15) is 0 Å². The second-order valence-corrected chi connectivity index (χ2v) is 4.65. The van der Waals surface area contributed by atoms with Gasteiger partial charge in [0.15, 0.2) is 11.5 Å². The van der Waals surface area contributed by atoms with Crippen LogP contribution in [0.3, 0.4) is 0 Å². The first-order valence-electron chi connectivity index (χ1n) is 6.59. The molecule has 0 spiro atoms. The molecule has 5 heteroatoms. The van der Waals surface area contributed by atoms with Crippen LogP contribution in [-0.4, -0.2) is 26.2 Å². The summed E-state index contributed by atoms with van der Waals surface area (Å²) >= 11 is 0. The molecule has 21 heavy (non-hydrogen) atoms. The van der Waals surface area contributed by atoms with Crippen LogP contribution in [0.1, 0.15) is 10.4 Å². The number of para-hydroxylation sites is 2. The van der Waals surface area contributed by atoms with Gasteiger partial charge in [0.25, 0.3) is 5.91 Å². The number of amides is 1. The van der Waals surface area contributed by atoms with Gasteiger partial charge >= 0.3 is 0 Å². The average Bonchev–Trinajstić information content (AvgIpc) is 2.53. The number of hydrogen-bond donors (Lipinski definition) is 0. The maximum atomic E-state index is 13.8. The minimum Gasteiger partial charge on any atom is -0.486 e. The molecule has 0 saturated carbocycles. The number of carbonyl (C=O) groups excluding carboxylic acids is 1. The molecule has 4 nitrogen and oxygen atoms in total. The minimum absolute atomic E-state index is 0.219. The van der Waals surface area contributed by atoms with Crippen LogP contribution >= 0.6 is 0 Å². The molecule has 0 unspecified atom stereocenters. The molecule has 0 bridgehead atoms. The zero-order valence-electron chi connectivity index (χ0n) is 11.5. The lowest BCUT2D eigenvalue weighted by molar-refractivity contribution is 0.0981. The van der Waals surface area contributed by atoms with E-state index < -0.39 is 5.82 Å². The normalized spacial score (nSPS) is 12.9. The third kappa shape index (κ3) is 2.42. The molecule has 0 saturated heterocycles. The van der Waals surface area contributed by atoms with Crippen molar-refractivity contribution in [2.75, 3.05) is 25.2 Å².